The maximum Gasteiger partial charge on any atom is 0.338 e. The van der Waals surface area contributed by atoms with Gasteiger partial charge in [0.05, 0.1) is 40.6 Å². The number of ether oxygens (including phenoxy) is 6. The predicted octanol–water partition coefficient (Wildman–Crippen LogP) is 13.9. The zero-order chi connectivity index (χ0) is 68.3. The van der Waals surface area contributed by atoms with Gasteiger partial charge >= 0.3 is 17.9 Å². The maximum atomic E-state index is 12.7. The fraction of sp³-hybridized carbons (Fsp3) is 0.368. The molecule has 0 bridgehead atoms. The number of unbranched alkanes of at least 4 members (excludes halogenated alkanes) is 2. The Morgan fingerprint density at radius 3 is 1.09 bits per heavy atom. The van der Waals surface area contributed by atoms with Crippen molar-refractivity contribution < 1.29 is 71.6 Å². The van der Waals surface area contributed by atoms with Crippen molar-refractivity contribution in [2.75, 3.05) is 19.8 Å². The third-order valence-corrected chi connectivity index (χ3v) is 19.0. The van der Waals surface area contributed by atoms with E-state index in [9.17, 15) is 43.2 Å². The standard InChI is InChI=1S/C27H25NO5S.C26H31NO5S.C22H23NO5S.CH4/c1-2-21-11-10-20(16-28-21)24(33-27(31)19-6-4-3-5-7-19)17-32-22-12-8-18(9-13-22)14-25-23(29)15-26(30)34-25;1-3-5-6-7-25(29)32-23(19-10-11-20(4-2)27-16-19)17-31-21-12-8-18(9-13-21)14-24-22(28)15-26(30)33-24;1-3-17-7-6-16(12-23-17)20(28-14(2)24)13-27-18-8-4-15(5-9-18)10-21-19(25)11-22(26)29-21;/h3-13,16,24-25H,2,14-15,17H2,1H3;8-13,16,23-24H,3-7,14-15,17H2,1-2H3;4-9,12,20-21H,3,10-11,13H2,1-2H3;1H4/t;23-,24?;20-,21?;/m.01./s1. The lowest BCUT2D eigenvalue weighted by atomic mass is 10.1. The first-order valence-corrected chi connectivity index (χ1v) is 34.9. The summed E-state index contributed by atoms with van der Waals surface area (Å²) >= 11 is 3.36. The van der Waals surface area contributed by atoms with Crippen molar-refractivity contribution >= 4 is 85.9 Å². The number of ketones is 3. The van der Waals surface area contributed by atoms with Gasteiger partial charge in [0.1, 0.15) is 37.1 Å². The fourth-order valence-electron chi connectivity index (χ4n) is 10.2. The maximum absolute atomic E-state index is 12.7. The van der Waals surface area contributed by atoms with E-state index in [1.165, 1.54) is 6.92 Å². The third-order valence-electron chi connectivity index (χ3n) is 15.7. The molecule has 6 heterocycles. The molecule has 21 heteroatoms. The molecule has 10 rings (SSSR count). The highest BCUT2D eigenvalue weighted by Gasteiger charge is 2.34. The molecule has 0 radical (unpaired) electrons. The van der Waals surface area contributed by atoms with Crippen molar-refractivity contribution in [3.8, 4) is 17.2 Å². The van der Waals surface area contributed by atoms with Crippen LogP contribution in [0.5, 0.6) is 17.2 Å². The summed E-state index contributed by atoms with van der Waals surface area (Å²) in [4.78, 5) is 119. The number of benzene rings is 4. The number of esters is 3. The zero-order valence-corrected chi connectivity index (χ0v) is 56.9. The molecule has 3 aromatic heterocycles. The molecule has 510 valence electrons. The molecule has 4 unspecified atom stereocenters. The van der Waals surface area contributed by atoms with Gasteiger partial charge in [-0.15, -0.1) is 0 Å². The van der Waals surface area contributed by atoms with Crippen LogP contribution < -0.4 is 14.2 Å². The van der Waals surface area contributed by atoms with Crippen LogP contribution in [-0.2, 0) is 91.1 Å². The lowest BCUT2D eigenvalue weighted by Gasteiger charge is -2.19. The Balaban J connectivity index is 0.000000205. The largest absolute Gasteiger partial charge is 0.489 e. The molecule has 18 nitrogen and oxygen atoms in total. The van der Waals surface area contributed by atoms with E-state index >= 15 is 0 Å². The average molecular weight is 1370 g/mol. The highest BCUT2D eigenvalue weighted by molar-refractivity contribution is 8.16. The molecule has 0 saturated carbocycles. The quantitative estimate of drug-likeness (QED) is 0.0183. The Kier molecular flexibility index (Phi) is 30.3. The van der Waals surface area contributed by atoms with Gasteiger partial charge in [-0.3, -0.25) is 53.3 Å². The molecule has 3 aliphatic rings. The molecule has 3 fully saturated rings. The van der Waals surface area contributed by atoms with Crippen LogP contribution in [0, 0.1) is 0 Å². The minimum absolute atomic E-state index is 0. The number of hydrogen-bond donors (Lipinski definition) is 0. The van der Waals surface area contributed by atoms with Crippen LogP contribution in [-0.4, -0.2) is 101 Å². The minimum atomic E-state index is -0.635. The number of nitrogens with zero attached hydrogens (tertiary/aromatic N) is 3. The number of aryl methyl sites for hydroxylation is 3. The summed E-state index contributed by atoms with van der Waals surface area (Å²) in [7, 11) is 0. The van der Waals surface area contributed by atoms with Crippen molar-refractivity contribution in [2.24, 2.45) is 0 Å². The molecule has 0 spiro atoms. The number of pyridine rings is 3. The summed E-state index contributed by atoms with van der Waals surface area (Å²) in [6.07, 6.45) is 10.8. The van der Waals surface area contributed by atoms with Crippen LogP contribution in [0.3, 0.4) is 0 Å². The topological polar surface area (TPSA) is 248 Å². The minimum Gasteiger partial charge on any atom is -0.489 e. The number of thioether (sulfide) groups is 3. The first-order valence-electron chi connectivity index (χ1n) is 32.2. The van der Waals surface area contributed by atoms with E-state index in [1.54, 1.807) is 42.9 Å². The van der Waals surface area contributed by atoms with Crippen LogP contribution in [0.4, 0.5) is 0 Å². The van der Waals surface area contributed by atoms with E-state index in [2.05, 4.69) is 21.9 Å². The van der Waals surface area contributed by atoms with Gasteiger partial charge in [-0.2, -0.15) is 0 Å². The average Bonchev–Trinajstić information content (AvgIpc) is 1.91. The smallest absolute Gasteiger partial charge is 0.338 e. The molecule has 0 N–H and O–H groups in total. The van der Waals surface area contributed by atoms with Gasteiger partial charge in [-0.25, -0.2) is 4.79 Å². The molecule has 97 heavy (non-hydrogen) atoms. The Hall–Kier alpha value is -8.79. The Labute approximate surface area is 579 Å². The first kappa shape index (κ1) is 75.6. The summed E-state index contributed by atoms with van der Waals surface area (Å²) in [6, 6.07) is 42.6. The number of aromatic nitrogens is 3. The van der Waals surface area contributed by atoms with Gasteiger partial charge in [0, 0.05) is 65.7 Å². The fourth-order valence-corrected chi connectivity index (χ4v) is 13.3. The Morgan fingerprint density at radius 1 is 0.443 bits per heavy atom. The molecular formula is C76H83N3O15S3. The molecule has 7 aromatic rings. The summed E-state index contributed by atoms with van der Waals surface area (Å²) < 4.78 is 34.6. The van der Waals surface area contributed by atoms with Gasteiger partial charge in [0.2, 0.25) is 0 Å². The third kappa shape index (κ3) is 24.4. The van der Waals surface area contributed by atoms with Gasteiger partial charge in [-0.1, -0.05) is 156 Å². The van der Waals surface area contributed by atoms with Crippen molar-refractivity contribution in [2.45, 2.75) is 160 Å². The van der Waals surface area contributed by atoms with Crippen LogP contribution in [0.2, 0.25) is 0 Å². The lowest BCUT2D eigenvalue weighted by molar-refractivity contribution is -0.151. The molecular weight excluding hydrogens is 1290 g/mol. The SMILES string of the molecule is C.CCCCCC(=O)O[C@@H](COc1ccc(CC2SC(=O)CC2=O)cc1)c1ccc(CC)nc1.CCc1ccc(C(COc2ccc(CC3SC(=O)CC3=O)cc2)OC(=O)c2ccccc2)cn1.CCc1ccc([C@@H](COc2ccc(CC3SC(=O)CC3=O)cc2)OC(C)=O)cn1. The molecule has 4 aromatic carbocycles. The Bertz CT molecular complexity index is 3740. The second kappa shape index (κ2) is 38.8. The molecule has 3 saturated heterocycles. The molecule has 6 atom stereocenters. The van der Waals surface area contributed by atoms with E-state index in [-0.39, 0.29) is 107 Å². The van der Waals surface area contributed by atoms with Crippen LogP contribution in [0.25, 0.3) is 0 Å². The number of Topliss-reactive ketones (excluding diaryl/α,β-unsaturated/α-hetero) is 3. The monoisotopic (exact) mass is 1370 g/mol. The molecule has 0 amide bonds. The van der Waals surface area contributed by atoms with Crippen molar-refractivity contribution in [3.63, 3.8) is 0 Å². The Morgan fingerprint density at radius 2 is 0.794 bits per heavy atom. The number of carbonyl (C=O) groups is 9. The predicted molar refractivity (Wildman–Crippen MR) is 375 cm³/mol. The van der Waals surface area contributed by atoms with Gasteiger partial charge < -0.3 is 28.4 Å². The number of hydrogen-bond acceptors (Lipinski definition) is 21. The van der Waals surface area contributed by atoms with E-state index in [0.717, 1.165) is 124 Å². The van der Waals surface area contributed by atoms with Gasteiger partial charge in [0.25, 0.3) is 0 Å². The van der Waals surface area contributed by atoms with Gasteiger partial charge in [0.15, 0.2) is 51.0 Å². The molecule has 3 aliphatic heterocycles. The normalized spacial score (nSPS) is 16.5. The van der Waals surface area contributed by atoms with Crippen LogP contribution in [0.15, 0.2) is 158 Å². The van der Waals surface area contributed by atoms with Gasteiger partial charge in [-0.05, 0) is 128 Å². The zero-order valence-electron chi connectivity index (χ0n) is 54.5. The van der Waals surface area contributed by atoms with Crippen molar-refractivity contribution in [3.05, 3.63) is 214 Å². The number of carbonyl (C=O) groups excluding carboxylic acids is 9. The van der Waals surface area contributed by atoms with E-state index < -0.39 is 24.3 Å². The summed E-state index contributed by atoms with van der Waals surface area (Å²) in [5.74, 6) is 0.810. The molecule has 0 aliphatic carbocycles. The summed E-state index contributed by atoms with van der Waals surface area (Å²) in [6.45, 7) is 10.0. The van der Waals surface area contributed by atoms with Crippen LogP contribution in [0.1, 0.15) is 166 Å². The van der Waals surface area contributed by atoms with Crippen molar-refractivity contribution in [1.82, 2.24) is 15.0 Å². The summed E-state index contributed by atoms with van der Waals surface area (Å²) in [5, 5.41) is -1.06. The van der Waals surface area contributed by atoms with E-state index in [4.69, 9.17) is 28.4 Å². The lowest BCUT2D eigenvalue weighted by Crippen LogP contribution is -2.18. The first-order chi connectivity index (χ1) is 46.4. The number of rotatable bonds is 29. The summed E-state index contributed by atoms with van der Waals surface area (Å²) in [5.41, 5.74) is 8.58. The van der Waals surface area contributed by atoms with Crippen molar-refractivity contribution in [1.29, 1.82) is 0 Å². The van der Waals surface area contributed by atoms with E-state index in [0.29, 0.717) is 48.5 Å². The van der Waals surface area contributed by atoms with E-state index in [1.807, 2.05) is 136 Å². The van der Waals surface area contributed by atoms with Crippen LogP contribution >= 0.6 is 35.3 Å². The highest BCUT2D eigenvalue weighted by Crippen LogP contribution is 2.32. The second-order valence-corrected chi connectivity index (χ2v) is 26.7. The highest BCUT2D eigenvalue weighted by atomic mass is 32.2. The second-order valence-electron chi connectivity index (χ2n) is 22.9.